The van der Waals surface area contributed by atoms with Crippen molar-refractivity contribution in [2.24, 2.45) is 0 Å². The highest BCUT2D eigenvalue weighted by Crippen LogP contribution is 2.23. The van der Waals surface area contributed by atoms with E-state index in [1.807, 2.05) is 0 Å². The predicted molar refractivity (Wildman–Crippen MR) is 96.2 cm³/mol. The maximum absolute atomic E-state index is 14.1. The van der Waals surface area contributed by atoms with Crippen LogP contribution in [0.25, 0.3) is 11.8 Å². The number of urea groups is 1. The summed E-state index contributed by atoms with van der Waals surface area (Å²) in [5.74, 6) is -0.835. The second-order valence-electron chi connectivity index (χ2n) is 5.72. The molecule has 1 fully saturated rings. The summed E-state index contributed by atoms with van der Waals surface area (Å²) in [5, 5.41) is 2.58. The topological polar surface area (TPSA) is 54.3 Å². The van der Waals surface area contributed by atoms with E-state index >= 15 is 0 Å². The molecule has 5 nitrogen and oxygen atoms in total. The fraction of sp³-hybridized carbons (Fsp3) is 0. The lowest BCUT2D eigenvalue weighted by atomic mass is 10.2. The molecule has 1 aliphatic heterocycles. The van der Waals surface area contributed by atoms with Crippen LogP contribution in [-0.2, 0) is 4.79 Å². The van der Waals surface area contributed by atoms with Gasteiger partial charge in [-0.15, -0.1) is 0 Å². The number of hydrogen-bond donors (Lipinski definition) is 1. The van der Waals surface area contributed by atoms with Crippen LogP contribution in [0.2, 0.25) is 0 Å². The van der Waals surface area contributed by atoms with Gasteiger partial charge >= 0.3 is 6.03 Å². The van der Waals surface area contributed by atoms with Crippen molar-refractivity contribution in [3.63, 3.8) is 0 Å². The van der Waals surface area contributed by atoms with Gasteiger partial charge in [-0.05, 0) is 42.5 Å². The van der Waals surface area contributed by atoms with Gasteiger partial charge in [-0.25, -0.2) is 14.1 Å². The van der Waals surface area contributed by atoms with E-state index in [0.717, 1.165) is 4.90 Å². The fourth-order valence-corrected chi connectivity index (χ4v) is 2.87. The summed E-state index contributed by atoms with van der Waals surface area (Å²) in [6, 6.07) is 18.0. The molecule has 6 heteroatoms. The van der Waals surface area contributed by atoms with Gasteiger partial charge in [0.05, 0.1) is 11.4 Å². The fourth-order valence-electron chi connectivity index (χ4n) is 2.87. The second kappa shape index (κ2) is 6.33. The number of halogens is 1. The number of nitrogens with one attached hydrogen (secondary N) is 1. The molecule has 1 saturated heterocycles. The molecule has 0 bridgehead atoms. The molecule has 0 aliphatic carbocycles. The van der Waals surface area contributed by atoms with Crippen molar-refractivity contribution in [3.05, 3.63) is 90.1 Å². The first-order valence-corrected chi connectivity index (χ1v) is 7.99. The number of aromatic nitrogens is 1. The highest BCUT2D eigenvalue weighted by atomic mass is 19.1. The van der Waals surface area contributed by atoms with Crippen molar-refractivity contribution in [3.8, 4) is 5.69 Å². The molecule has 3 amide bonds. The minimum atomic E-state index is -0.517. The molecule has 2 aromatic carbocycles. The average molecular weight is 347 g/mol. The lowest BCUT2D eigenvalue weighted by Gasteiger charge is -2.11. The second-order valence-corrected chi connectivity index (χ2v) is 5.72. The van der Waals surface area contributed by atoms with E-state index < -0.39 is 11.9 Å². The van der Waals surface area contributed by atoms with Crippen LogP contribution in [0.3, 0.4) is 0 Å². The first kappa shape index (κ1) is 15.8. The third kappa shape index (κ3) is 2.67. The van der Waals surface area contributed by atoms with Gasteiger partial charge in [0.15, 0.2) is 0 Å². The maximum Gasteiger partial charge on any atom is 0.333 e. The molecule has 26 heavy (non-hydrogen) atoms. The minimum Gasteiger partial charge on any atom is -0.314 e. The summed E-state index contributed by atoms with van der Waals surface area (Å²) in [4.78, 5) is 25.9. The number of imide groups is 1. The van der Waals surface area contributed by atoms with Crippen molar-refractivity contribution in [2.75, 3.05) is 4.90 Å². The smallest absolute Gasteiger partial charge is 0.314 e. The Labute approximate surface area is 149 Å². The number of para-hydroxylation sites is 2. The highest BCUT2D eigenvalue weighted by Gasteiger charge is 2.34. The minimum absolute atomic E-state index is 0.134. The maximum atomic E-state index is 14.1. The first-order valence-electron chi connectivity index (χ1n) is 7.99. The van der Waals surface area contributed by atoms with E-state index in [4.69, 9.17) is 0 Å². The van der Waals surface area contributed by atoms with Crippen LogP contribution in [0.5, 0.6) is 0 Å². The highest BCUT2D eigenvalue weighted by molar-refractivity contribution is 6.28. The molecule has 1 N–H and O–H groups in total. The average Bonchev–Trinajstić information content (AvgIpc) is 3.21. The van der Waals surface area contributed by atoms with Crippen molar-refractivity contribution < 1.29 is 14.0 Å². The Balaban J connectivity index is 1.71. The third-order valence-electron chi connectivity index (χ3n) is 4.08. The van der Waals surface area contributed by atoms with Crippen LogP contribution in [0.15, 0.2) is 78.6 Å². The summed E-state index contributed by atoms with van der Waals surface area (Å²) in [7, 11) is 0. The third-order valence-corrected chi connectivity index (χ3v) is 4.08. The number of carbonyl (C=O) groups is 2. The Morgan fingerprint density at radius 3 is 2.38 bits per heavy atom. The number of nitrogens with zero attached hydrogens (tertiary/aromatic N) is 2. The van der Waals surface area contributed by atoms with Gasteiger partial charge in [0.1, 0.15) is 11.5 Å². The molecule has 128 valence electrons. The molecule has 1 aliphatic rings. The van der Waals surface area contributed by atoms with Crippen LogP contribution in [0.1, 0.15) is 5.69 Å². The molecule has 0 unspecified atom stereocenters. The lowest BCUT2D eigenvalue weighted by Crippen LogP contribution is -2.30. The number of hydrogen-bond acceptors (Lipinski definition) is 2. The number of benzene rings is 2. The van der Waals surface area contributed by atoms with Crippen LogP contribution in [-0.4, -0.2) is 16.5 Å². The van der Waals surface area contributed by atoms with E-state index in [2.05, 4.69) is 5.32 Å². The Morgan fingerprint density at radius 1 is 0.885 bits per heavy atom. The van der Waals surface area contributed by atoms with Crippen molar-refractivity contribution in [1.82, 2.24) is 9.88 Å². The molecule has 0 radical (unpaired) electrons. The van der Waals surface area contributed by atoms with E-state index in [9.17, 15) is 14.0 Å². The predicted octanol–water partition coefficient (Wildman–Crippen LogP) is 3.71. The zero-order valence-electron chi connectivity index (χ0n) is 13.6. The van der Waals surface area contributed by atoms with E-state index in [0.29, 0.717) is 17.1 Å². The Morgan fingerprint density at radius 2 is 1.62 bits per heavy atom. The molecule has 4 rings (SSSR count). The molecule has 3 aromatic rings. The SMILES string of the molecule is O=C1NC(=Cc2cccn2-c2ccccc2F)C(=O)N1c1ccccc1. The van der Waals surface area contributed by atoms with Gasteiger partial charge in [-0.2, -0.15) is 0 Å². The molecule has 0 spiro atoms. The standard InChI is InChI=1S/C20H14FN3O2/c21-16-10-4-5-11-18(16)23-12-6-9-15(23)13-17-19(25)24(20(26)22-17)14-7-2-1-3-8-14/h1-13H,(H,22,26). The van der Waals surface area contributed by atoms with Gasteiger partial charge in [-0.1, -0.05) is 30.3 Å². The van der Waals surface area contributed by atoms with E-state index in [1.165, 1.54) is 12.1 Å². The monoisotopic (exact) mass is 347 g/mol. The summed E-state index contributed by atoms with van der Waals surface area (Å²) in [6.07, 6.45) is 3.23. The quantitative estimate of drug-likeness (QED) is 0.580. The molecule has 0 saturated carbocycles. The zero-order valence-corrected chi connectivity index (χ0v) is 13.6. The summed E-state index contributed by atoms with van der Waals surface area (Å²) in [5.41, 5.74) is 1.56. The van der Waals surface area contributed by atoms with Crippen molar-refractivity contribution in [2.45, 2.75) is 0 Å². The summed E-state index contributed by atoms with van der Waals surface area (Å²) < 4.78 is 15.7. The van der Waals surface area contributed by atoms with Gasteiger partial charge in [-0.3, -0.25) is 4.79 Å². The van der Waals surface area contributed by atoms with Crippen LogP contribution in [0.4, 0.5) is 14.9 Å². The van der Waals surface area contributed by atoms with Crippen molar-refractivity contribution >= 4 is 23.7 Å². The number of carbonyl (C=O) groups excluding carboxylic acids is 2. The van der Waals surface area contributed by atoms with Gasteiger partial charge < -0.3 is 9.88 Å². The molecular formula is C20H14FN3O2. The van der Waals surface area contributed by atoms with Gasteiger partial charge in [0, 0.05) is 11.9 Å². The Kier molecular flexibility index (Phi) is 3.85. The number of anilines is 1. The normalized spacial score (nSPS) is 15.6. The van der Waals surface area contributed by atoms with Gasteiger partial charge in [0.25, 0.3) is 5.91 Å². The summed E-state index contributed by atoms with van der Waals surface area (Å²) >= 11 is 0. The van der Waals surface area contributed by atoms with Crippen LogP contribution >= 0.6 is 0 Å². The van der Waals surface area contributed by atoms with Crippen LogP contribution in [0, 0.1) is 5.82 Å². The number of rotatable bonds is 3. The Bertz CT molecular complexity index is 1020. The zero-order chi connectivity index (χ0) is 18.1. The molecular weight excluding hydrogens is 333 g/mol. The summed E-state index contributed by atoms with van der Waals surface area (Å²) in [6.45, 7) is 0. The van der Waals surface area contributed by atoms with Crippen LogP contribution < -0.4 is 10.2 Å². The number of amides is 3. The van der Waals surface area contributed by atoms with Gasteiger partial charge in [0.2, 0.25) is 0 Å². The molecule has 1 aromatic heterocycles. The molecule has 2 heterocycles. The van der Waals surface area contributed by atoms with E-state index in [1.54, 1.807) is 71.4 Å². The Hall–Kier alpha value is -3.67. The molecule has 0 atom stereocenters. The van der Waals surface area contributed by atoms with Crippen molar-refractivity contribution in [1.29, 1.82) is 0 Å². The first-order chi connectivity index (χ1) is 12.6. The van der Waals surface area contributed by atoms with E-state index in [-0.39, 0.29) is 11.5 Å². The largest absolute Gasteiger partial charge is 0.333 e. The lowest BCUT2D eigenvalue weighted by molar-refractivity contribution is -0.113.